The van der Waals surface area contributed by atoms with Gasteiger partial charge in [-0.1, -0.05) is 11.6 Å². The summed E-state index contributed by atoms with van der Waals surface area (Å²) in [5.74, 6) is 0.922. The molecule has 2 rings (SSSR count). The van der Waals surface area contributed by atoms with E-state index in [1.54, 1.807) is 0 Å². The van der Waals surface area contributed by atoms with E-state index in [9.17, 15) is 0 Å². The minimum Gasteiger partial charge on any atom is -0.476 e. The lowest BCUT2D eigenvalue weighted by atomic mass is 10.1. The number of ether oxygens (including phenoxy) is 2. The number of nitrogens with zero attached hydrogens (tertiary/aromatic N) is 2. The minimum atomic E-state index is 0.164. The van der Waals surface area contributed by atoms with Gasteiger partial charge in [-0.15, -0.1) is 0 Å². The Morgan fingerprint density at radius 2 is 2.53 bits per heavy atom. The van der Waals surface area contributed by atoms with Crippen LogP contribution < -0.4 is 10.5 Å². The summed E-state index contributed by atoms with van der Waals surface area (Å²) in [5.41, 5.74) is 5.43. The van der Waals surface area contributed by atoms with Gasteiger partial charge in [-0.25, -0.2) is 4.98 Å². The molecule has 1 fully saturated rings. The van der Waals surface area contributed by atoms with Crippen LogP contribution >= 0.6 is 11.6 Å². The SMILES string of the molecule is Nc1ncc(Cl)c(OCC2CCOC2)n1. The van der Waals surface area contributed by atoms with Crippen LogP contribution in [0.25, 0.3) is 0 Å². The lowest BCUT2D eigenvalue weighted by Crippen LogP contribution is -2.13. The van der Waals surface area contributed by atoms with Gasteiger partial charge in [0.1, 0.15) is 5.02 Å². The van der Waals surface area contributed by atoms with Gasteiger partial charge in [-0.3, -0.25) is 0 Å². The largest absolute Gasteiger partial charge is 0.476 e. The highest BCUT2D eigenvalue weighted by molar-refractivity contribution is 6.31. The molecule has 0 aliphatic carbocycles. The van der Waals surface area contributed by atoms with Crippen LogP contribution in [0.2, 0.25) is 5.02 Å². The molecule has 0 aromatic carbocycles. The van der Waals surface area contributed by atoms with Gasteiger partial charge in [0.05, 0.1) is 19.4 Å². The Morgan fingerprint density at radius 3 is 3.27 bits per heavy atom. The monoisotopic (exact) mass is 229 g/mol. The quantitative estimate of drug-likeness (QED) is 0.841. The van der Waals surface area contributed by atoms with E-state index in [1.165, 1.54) is 6.20 Å². The van der Waals surface area contributed by atoms with Crippen molar-refractivity contribution in [3.8, 4) is 5.88 Å². The van der Waals surface area contributed by atoms with Gasteiger partial charge in [-0.2, -0.15) is 4.98 Å². The van der Waals surface area contributed by atoms with Gasteiger partial charge in [0, 0.05) is 12.5 Å². The van der Waals surface area contributed by atoms with Crippen molar-refractivity contribution < 1.29 is 9.47 Å². The van der Waals surface area contributed by atoms with Crippen LogP contribution in [0, 0.1) is 5.92 Å². The van der Waals surface area contributed by atoms with Gasteiger partial charge in [0.25, 0.3) is 0 Å². The number of hydrogen-bond donors (Lipinski definition) is 1. The van der Waals surface area contributed by atoms with E-state index in [0.717, 1.165) is 19.6 Å². The summed E-state index contributed by atoms with van der Waals surface area (Å²) in [4.78, 5) is 7.65. The molecule has 1 aliphatic heterocycles. The fraction of sp³-hybridized carbons (Fsp3) is 0.556. The normalized spacial score (nSPS) is 20.5. The number of halogens is 1. The Kier molecular flexibility index (Phi) is 3.23. The summed E-state index contributed by atoms with van der Waals surface area (Å²) >= 11 is 5.84. The molecule has 0 spiro atoms. The molecule has 15 heavy (non-hydrogen) atoms. The summed E-state index contributed by atoms with van der Waals surface area (Å²) in [5, 5.41) is 0.378. The lowest BCUT2D eigenvalue weighted by molar-refractivity contribution is 0.165. The molecular weight excluding hydrogens is 218 g/mol. The average molecular weight is 230 g/mol. The van der Waals surface area contributed by atoms with Gasteiger partial charge in [-0.05, 0) is 6.42 Å². The zero-order valence-corrected chi connectivity index (χ0v) is 8.91. The molecule has 1 aromatic rings. The predicted octanol–water partition coefficient (Wildman–Crippen LogP) is 1.13. The van der Waals surface area contributed by atoms with Crippen molar-refractivity contribution in [1.29, 1.82) is 0 Å². The van der Waals surface area contributed by atoms with E-state index >= 15 is 0 Å². The van der Waals surface area contributed by atoms with Crippen molar-refractivity contribution in [2.45, 2.75) is 6.42 Å². The highest BCUT2D eigenvalue weighted by Crippen LogP contribution is 2.22. The fourth-order valence-corrected chi connectivity index (χ4v) is 1.52. The van der Waals surface area contributed by atoms with Crippen molar-refractivity contribution in [2.75, 3.05) is 25.6 Å². The lowest BCUT2D eigenvalue weighted by Gasteiger charge is -2.10. The molecule has 82 valence electrons. The summed E-state index contributed by atoms with van der Waals surface area (Å²) < 4.78 is 10.7. The number of anilines is 1. The number of nitrogens with two attached hydrogens (primary N) is 1. The number of nitrogen functional groups attached to an aromatic ring is 1. The topological polar surface area (TPSA) is 70.3 Å². The molecule has 1 atom stereocenters. The van der Waals surface area contributed by atoms with E-state index in [-0.39, 0.29) is 5.95 Å². The van der Waals surface area contributed by atoms with Crippen molar-refractivity contribution in [3.05, 3.63) is 11.2 Å². The van der Waals surface area contributed by atoms with Crippen molar-refractivity contribution >= 4 is 17.5 Å². The Morgan fingerprint density at radius 1 is 1.67 bits per heavy atom. The highest BCUT2D eigenvalue weighted by atomic mass is 35.5. The van der Waals surface area contributed by atoms with Crippen LogP contribution in [0.1, 0.15) is 6.42 Å². The maximum atomic E-state index is 5.84. The van der Waals surface area contributed by atoms with Crippen molar-refractivity contribution in [3.63, 3.8) is 0 Å². The first-order chi connectivity index (χ1) is 7.25. The first-order valence-electron chi connectivity index (χ1n) is 4.74. The maximum Gasteiger partial charge on any atom is 0.237 e. The summed E-state index contributed by atoms with van der Waals surface area (Å²) in [7, 11) is 0. The molecule has 6 heteroatoms. The van der Waals surface area contributed by atoms with Crippen LogP contribution in [0.5, 0.6) is 5.88 Å². The Hall–Kier alpha value is -1.07. The third-order valence-corrected chi connectivity index (χ3v) is 2.47. The molecule has 0 bridgehead atoms. The number of aromatic nitrogens is 2. The molecule has 1 unspecified atom stereocenters. The van der Waals surface area contributed by atoms with Crippen molar-refractivity contribution in [2.24, 2.45) is 5.92 Å². The molecular formula is C9H12ClN3O2. The second kappa shape index (κ2) is 4.63. The predicted molar refractivity (Wildman–Crippen MR) is 55.9 cm³/mol. The summed E-state index contributed by atoms with van der Waals surface area (Å²) in [6.45, 7) is 2.09. The zero-order chi connectivity index (χ0) is 10.7. The molecule has 1 aromatic heterocycles. The number of rotatable bonds is 3. The minimum absolute atomic E-state index is 0.164. The maximum absolute atomic E-state index is 5.84. The first-order valence-corrected chi connectivity index (χ1v) is 5.12. The second-order valence-electron chi connectivity index (χ2n) is 3.42. The molecule has 5 nitrogen and oxygen atoms in total. The zero-order valence-electron chi connectivity index (χ0n) is 8.15. The molecule has 0 radical (unpaired) electrons. The second-order valence-corrected chi connectivity index (χ2v) is 3.83. The first kappa shape index (κ1) is 10.4. The third kappa shape index (κ3) is 2.70. The number of hydrogen-bond acceptors (Lipinski definition) is 5. The van der Waals surface area contributed by atoms with E-state index < -0.39 is 0 Å². The standard InChI is InChI=1S/C9H12ClN3O2/c10-7-3-12-9(11)13-8(7)15-5-6-1-2-14-4-6/h3,6H,1-2,4-5H2,(H2,11,12,13). The Balaban J connectivity index is 1.94. The van der Waals surface area contributed by atoms with E-state index in [0.29, 0.717) is 23.4 Å². The van der Waals surface area contributed by atoms with Gasteiger partial charge < -0.3 is 15.2 Å². The van der Waals surface area contributed by atoms with Crippen LogP contribution in [0.3, 0.4) is 0 Å². The average Bonchev–Trinajstić information content (AvgIpc) is 2.72. The van der Waals surface area contributed by atoms with Crippen LogP contribution in [0.4, 0.5) is 5.95 Å². The molecule has 1 saturated heterocycles. The molecule has 0 saturated carbocycles. The smallest absolute Gasteiger partial charge is 0.237 e. The molecule has 1 aliphatic rings. The van der Waals surface area contributed by atoms with E-state index in [1.807, 2.05) is 0 Å². The Bertz CT molecular complexity index is 342. The van der Waals surface area contributed by atoms with Gasteiger partial charge in [0.15, 0.2) is 0 Å². The van der Waals surface area contributed by atoms with Gasteiger partial charge >= 0.3 is 0 Å². The third-order valence-electron chi connectivity index (χ3n) is 2.21. The highest BCUT2D eigenvalue weighted by Gasteiger charge is 2.17. The van der Waals surface area contributed by atoms with Crippen LogP contribution in [-0.2, 0) is 4.74 Å². The van der Waals surface area contributed by atoms with E-state index in [4.69, 9.17) is 26.8 Å². The van der Waals surface area contributed by atoms with Crippen LogP contribution in [-0.4, -0.2) is 29.8 Å². The molecule has 0 amide bonds. The molecule has 2 heterocycles. The van der Waals surface area contributed by atoms with Gasteiger partial charge in [0.2, 0.25) is 11.8 Å². The van der Waals surface area contributed by atoms with E-state index in [2.05, 4.69) is 9.97 Å². The fourth-order valence-electron chi connectivity index (χ4n) is 1.38. The summed E-state index contributed by atoms with van der Waals surface area (Å²) in [6, 6.07) is 0. The van der Waals surface area contributed by atoms with Crippen LogP contribution in [0.15, 0.2) is 6.20 Å². The summed E-state index contributed by atoms with van der Waals surface area (Å²) in [6.07, 6.45) is 2.45. The molecule has 2 N–H and O–H groups in total. The Labute approximate surface area is 92.6 Å². The van der Waals surface area contributed by atoms with Crippen molar-refractivity contribution in [1.82, 2.24) is 9.97 Å².